The molecule has 3 aliphatic rings. The Kier molecular flexibility index (Phi) is 24.4. The summed E-state index contributed by atoms with van der Waals surface area (Å²) in [5.41, 5.74) is 0.679. The molecular formula is C48H63NO28. The van der Waals surface area contributed by atoms with Crippen molar-refractivity contribution in [1.29, 1.82) is 0 Å². The third-order valence-corrected chi connectivity index (χ3v) is 10.7. The summed E-state index contributed by atoms with van der Waals surface area (Å²) >= 11 is 0. The second kappa shape index (κ2) is 30.0. The summed E-state index contributed by atoms with van der Waals surface area (Å²) in [5, 5.41) is 2.49. The third-order valence-electron chi connectivity index (χ3n) is 10.7. The van der Waals surface area contributed by atoms with Gasteiger partial charge >= 0.3 is 65.8 Å². The first-order chi connectivity index (χ1) is 36.3. The number of hydrogen-bond acceptors (Lipinski definition) is 28. The van der Waals surface area contributed by atoms with E-state index in [0.717, 1.165) is 69.2 Å². The molecule has 3 aliphatic heterocycles. The Balaban J connectivity index is 1.94. The number of carbonyl (C=O) groups is 11. The summed E-state index contributed by atoms with van der Waals surface area (Å²) in [6, 6.07) is 8.72. The topological polar surface area (TPSA) is 357 Å². The van der Waals surface area contributed by atoms with Gasteiger partial charge in [0.2, 0.25) is 0 Å². The van der Waals surface area contributed by atoms with Gasteiger partial charge < -0.3 is 85.8 Å². The number of carbonyl (C=O) groups excluding carboxylic acids is 11. The highest BCUT2D eigenvalue weighted by Gasteiger charge is 2.60. The molecule has 29 nitrogen and oxygen atoms in total. The molecular weight excluding hydrogens is 1040 g/mol. The molecule has 1 aromatic carbocycles. The molecule has 1 N–H and O–H groups in total. The van der Waals surface area contributed by atoms with Gasteiger partial charge in [0.15, 0.2) is 73.8 Å². The van der Waals surface area contributed by atoms with Gasteiger partial charge in [-0.05, 0) is 5.56 Å². The predicted molar refractivity (Wildman–Crippen MR) is 245 cm³/mol. The van der Waals surface area contributed by atoms with Crippen LogP contribution in [0.15, 0.2) is 30.3 Å². The van der Waals surface area contributed by atoms with Crippen molar-refractivity contribution in [2.75, 3.05) is 33.0 Å². The number of hydrogen-bond donors (Lipinski definition) is 1. The van der Waals surface area contributed by atoms with Crippen molar-refractivity contribution in [3.05, 3.63) is 35.9 Å². The van der Waals surface area contributed by atoms with E-state index in [1.807, 2.05) is 0 Å². The van der Waals surface area contributed by atoms with Crippen LogP contribution >= 0.6 is 0 Å². The van der Waals surface area contributed by atoms with Crippen molar-refractivity contribution in [3.8, 4) is 0 Å². The number of rotatable bonds is 23. The van der Waals surface area contributed by atoms with Crippen LogP contribution in [0.4, 0.5) is 4.79 Å². The molecule has 0 radical (unpaired) electrons. The molecule has 0 aliphatic carbocycles. The molecule has 0 spiro atoms. The molecule has 0 saturated carbocycles. The van der Waals surface area contributed by atoms with E-state index in [1.54, 1.807) is 30.3 Å². The fourth-order valence-corrected chi connectivity index (χ4v) is 7.99. The highest BCUT2D eigenvalue weighted by atomic mass is 16.8. The standard InChI is InChI=1S/C48H63NO28/c1-22(50)62-19-33-36(66-25(4)53)39(69-28(7)56)42(45(73-33)61-17-16-49-48(60)65-18-32-14-12-11-13-15-32)76-47-44(41(71-30(9)58)38(68-27(6)55)35(75-47)21-64-24(3)52)77-46-43(72-31(10)59)40(70-29(8)57)37(67-26(5)54)34(74-46)20-63-23(2)51/h11-15,33-47H,16-21H2,1-10H3,(H,49,60)/t33-,34-,35-,36-,37-,38-,39+,40+,41+,42+,43+,44+,45+,46-,47-/m1/s1. The SMILES string of the molecule is CC(=O)OC[C@H]1O[C@H](O[C@@H]2[C@@H](O[C@@H]3[C@@H](OCCNC(=O)OCc4ccccc4)O[C@H](COC(C)=O)[C@@H](OC(C)=O)[C@@H]3OC(C)=O)O[C@H](COC(C)=O)[C@@H](OC(C)=O)[C@@H]2OC(C)=O)[C@@H](OC(C)=O)[C@@H](OC(C)=O)[C@@H]1OC(C)=O. The van der Waals surface area contributed by atoms with Crippen molar-refractivity contribution in [2.45, 2.75) is 168 Å². The molecule has 15 atom stereocenters. The van der Waals surface area contributed by atoms with Crippen LogP contribution in [0, 0.1) is 0 Å². The Morgan fingerprint density at radius 3 is 1.09 bits per heavy atom. The Labute approximate surface area is 440 Å². The molecule has 428 valence electrons. The summed E-state index contributed by atoms with van der Waals surface area (Å²) in [6.07, 6.45) is -28.6. The molecule has 1 aromatic rings. The van der Waals surface area contributed by atoms with Gasteiger partial charge in [-0.25, -0.2) is 4.79 Å². The lowest BCUT2D eigenvalue weighted by Gasteiger charge is -2.50. The summed E-state index contributed by atoms with van der Waals surface area (Å²) < 4.78 is 98.3. The number of nitrogens with one attached hydrogen (secondary N) is 1. The van der Waals surface area contributed by atoms with Gasteiger partial charge in [-0.2, -0.15) is 0 Å². The van der Waals surface area contributed by atoms with E-state index in [-0.39, 0.29) is 13.2 Å². The van der Waals surface area contributed by atoms with Crippen LogP contribution in [0.3, 0.4) is 0 Å². The largest absolute Gasteiger partial charge is 0.463 e. The van der Waals surface area contributed by atoms with E-state index < -0.39 is 184 Å². The number of alkyl carbamates (subject to hydrolysis) is 1. The molecule has 77 heavy (non-hydrogen) atoms. The molecule has 0 unspecified atom stereocenters. The van der Waals surface area contributed by atoms with Crippen LogP contribution in [0.2, 0.25) is 0 Å². The quantitative estimate of drug-likeness (QED) is 0.0861. The average Bonchev–Trinajstić information content (AvgIpc) is 3.32. The molecule has 0 bridgehead atoms. The first-order valence-corrected chi connectivity index (χ1v) is 23.8. The summed E-state index contributed by atoms with van der Waals surface area (Å²) in [4.78, 5) is 139. The number of esters is 10. The van der Waals surface area contributed by atoms with Gasteiger partial charge in [0.1, 0.15) is 44.7 Å². The normalized spacial score (nSPS) is 28.6. The molecule has 4 rings (SSSR count). The second-order valence-electron chi connectivity index (χ2n) is 17.1. The second-order valence-corrected chi connectivity index (χ2v) is 17.1. The Morgan fingerprint density at radius 1 is 0.390 bits per heavy atom. The molecule has 0 aromatic heterocycles. The van der Waals surface area contributed by atoms with Crippen LogP contribution in [-0.2, 0) is 135 Å². The summed E-state index contributed by atoms with van der Waals surface area (Å²) in [7, 11) is 0. The minimum absolute atomic E-state index is 0.0953. The van der Waals surface area contributed by atoms with Crippen LogP contribution in [0.1, 0.15) is 74.8 Å². The van der Waals surface area contributed by atoms with Crippen LogP contribution in [0.5, 0.6) is 0 Å². The number of amides is 1. The zero-order valence-corrected chi connectivity index (χ0v) is 43.7. The van der Waals surface area contributed by atoms with Crippen molar-refractivity contribution >= 4 is 65.8 Å². The van der Waals surface area contributed by atoms with Crippen LogP contribution in [0.25, 0.3) is 0 Å². The summed E-state index contributed by atoms with van der Waals surface area (Å²) in [5.74, 6) is -9.69. The first-order valence-electron chi connectivity index (χ1n) is 23.8. The minimum Gasteiger partial charge on any atom is -0.463 e. The highest BCUT2D eigenvalue weighted by Crippen LogP contribution is 2.38. The van der Waals surface area contributed by atoms with Gasteiger partial charge in [-0.15, -0.1) is 0 Å². The summed E-state index contributed by atoms with van der Waals surface area (Å²) in [6.45, 7) is 6.90. The van der Waals surface area contributed by atoms with E-state index in [1.165, 1.54) is 0 Å². The fourth-order valence-electron chi connectivity index (χ4n) is 7.99. The zero-order valence-electron chi connectivity index (χ0n) is 43.7. The molecule has 3 saturated heterocycles. The Bertz CT molecular complexity index is 2240. The van der Waals surface area contributed by atoms with Crippen molar-refractivity contribution in [3.63, 3.8) is 0 Å². The zero-order chi connectivity index (χ0) is 57.1. The minimum atomic E-state index is -2.16. The predicted octanol–water partition coefficient (Wildman–Crippen LogP) is 0.0857. The smallest absolute Gasteiger partial charge is 0.407 e. The van der Waals surface area contributed by atoms with E-state index >= 15 is 0 Å². The molecule has 3 heterocycles. The van der Waals surface area contributed by atoms with Crippen LogP contribution in [-0.4, -0.2) is 191 Å². The molecule has 1 amide bonds. The van der Waals surface area contributed by atoms with Gasteiger partial charge in [0.05, 0.1) is 6.61 Å². The maximum Gasteiger partial charge on any atom is 0.407 e. The van der Waals surface area contributed by atoms with Gasteiger partial charge in [-0.3, -0.25) is 47.9 Å². The van der Waals surface area contributed by atoms with E-state index in [4.69, 9.17) is 80.5 Å². The van der Waals surface area contributed by atoms with E-state index in [9.17, 15) is 52.7 Å². The number of ether oxygens (including phenoxy) is 17. The highest BCUT2D eigenvalue weighted by molar-refractivity contribution is 5.70. The fraction of sp³-hybridized carbons (Fsp3) is 0.646. The van der Waals surface area contributed by atoms with Gasteiger partial charge in [0, 0.05) is 75.8 Å². The van der Waals surface area contributed by atoms with Crippen molar-refractivity contribution < 1.29 is 133 Å². The molecule has 3 fully saturated rings. The monoisotopic (exact) mass is 1100 g/mol. The van der Waals surface area contributed by atoms with E-state index in [0.29, 0.717) is 5.56 Å². The van der Waals surface area contributed by atoms with Crippen LogP contribution < -0.4 is 5.32 Å². The molecule has 29 heteroatoms. The third kappa shape index (κ3) is 20.1. The lowest BCUT2D eigenvalue weighted by Crippen LogP contribution is -2.69. The van der Waals surface area contributed by atoms with Crippen molar-refractivity contribution in [2.24, 2.45) is 0 Å². The van der Waals surface area contributed by atoms with Gasteiger partial charge in [0.25, 0.3) is 0 Å². The first kappa shape index (κ1) is 62.5. The maximum atomic E-state index is 13.1. The lowest BCUT2D eigenvalue weighted by molar-refractivity contribution is -0.393. The maximum absolute atomic E-state index is 13.1. The Morgan fingerprint density at radius 2 is 0.714 bits per heavy atom. The van der Waals surface area contributed by atoms with Crippen molar-refractivity contribution in [1.82, 2.24) is 5.32 Å². The van der Waals surface area contributed by atoms with Gasteiger partial charge in [-0.1, -0.05) is 30.3 Å². The lowest BCUT2D eigenvalue weighted by atomic mass is 9.95. The number of benzene rings is 1. The van der Waals surface area contributed by atoms with E-state index in [2.05, 4.69) is 5.32 Å². The Hall–Kier alpha value is -7.05. The average molecular weight is 1100 g/mol.